The first-order valence-electron chi connectivity index (χ1n) is 8.97. The molecule has 0 saturated heterocycles. The average molecular weight is 416 g/mol. The molecule has 1 aromatic heterocycles. The highest BCUT2D eigenvalue weighted by Crippen LogP contribution is 2.29. The molecule has 0 unspecified atom stereocenters. The second-order valence-electron chi connectivity index (χ2n) is 7.34. The van der Waals surface area contributed by atoms with Gasteiger partial charge < -0.3 is 4.74 Å². The molecule has 0 bridgehead atoms. The van der Waals surface area contributed by atoms with Crippen LogP contribution in [0.4, 0.5) is 8.78 Å². The van der Waals surface area contributed by atoms with Crippen molar-refractivity contribution in [2.75, 3.05) is 7.11 Å². The highest BCUT2D eigenvalue weighted by Gasteiger charge is 2.18. The molecule has 5 nitrogen and oxygen atoms in total. The van der Waals surface area contributed by atoms with E-state index in [0.717, 1.165) is 5.56 Å². The minimum Gasteiger partial charge on any atom is -0.497 e. The normalized spacial score (nSPS) is 12.1. The molecular weight excluding hydrogens is 394 g/mol. The molecular formula is C21H22F2N4OS. The maximum absolute atomic E-state index is 12.9. The van der Waals surface area contributed by atoms with E-state index in [1.807, 2.05) is 24.3 Å². The van der Waals surface area contributed by atoms with Gasteiger partial charge in [0.15, 0.2) is 5.82 Å². The third-order valence-corrected chi connectivity index (χ3v) is 4.90. The molecule has 0 atom stereocenters. The number of hydrogen-bond donors (Lipinski definition) is 0. The van der Waals surface area contributed by atoms with Gasteiger partial charge in [-0.25, -0.2) is 0 Å². The molecule has 0 spiro atoms. The second-order valence-corrected chi connectivity index (χ2v) is 8.30. The van der Waals surface area contributed by atoms with Crippen LogP contribution in [0.2, 0.25) is 0 Å². The smallest absolute Gasteiger partial charge is 0.291 e. The summed E-state index contributed by atoms with van der Waals surface area (Å²) in [4.78, 5) is 0. The molecule has 29 heavy (non-hydrogen) atoms. The van der Waals surface area contributed by atoms with E-state index in [-0.39, 0.29) is 10.6 Å². The highest BCUT2D eigenvalue weighted by atomic mass is 32.2. The minimum absolute atomic E-state index is 0.0216. The lowest BCUT2D eigenvalue weighted by molar-refractivity contribution is 0.251. The Bertz CT molecular complexity index is 977. The van der Waals surface area contributed by atoms with Crippen molar-refractivity contribution in [3.63, 3.8) is 0 Å². The maximum atomic E-state index is 12.9. The molecule has 8 heteroatoms. The van der Waals surface area contributed by atoms with Gasteiger partial charge in [0.1, 0.15) is 5.75 Å². The van der Waals surface area contributed by atoms with E-state index < -0.39 is 5.76 Å². The zero-order valence-electron chi connectivity index (χ0n) is 16.6. The first-order valence-corrected chi connectivity index (χ1v) is 9.85. The summed E-state index contributed by atoms with van der Waals surface area (Å²) in [6.45, 7) is 6.42. The maximum Gasteiger partial charge on any atom is 0.291 e. The summed E-state index contributed by atoms with van der Waals surface area (Å²) in [5.74, 6) is -1.56. The van der Waals surface area contributed by atoms with Gasteiger partial charge in [-0.2, -0.15) is 18.6 Å². The fourth-order valence-electron chi connectivity index (χ4n) is 2.64. The van der Waals surface area contributed by atoms with Crippen molar-refractivity contribution < 1.29 is 13.5 Å². The van der Waals surface area contributed by atoms with Crippen molar-refractivity contribution in [2.24, 2.45) is 5.10 Å². The summed E-state index contributed by atoms with van der Waals surface area (Å²) < 4.78 is 32.4. The van der Waals surface area contributed by atoms with Crippen LogP contribution in [-0.4, -0.2) is 34.0 Å². The van der Waals surface area contributed by atoms with Gasteiger partial charge in [-0.1, -0.05) is 45.0 Å². The fraction of sp³-hybridized carbons (Fsp3) is 0.286. The lowest BCUT2D eigenvalue weighted by Gasteiger charge is -2.18. The Morgan fingerprint density at radius 3 is 2.24 bits per heavy atom. The number of rotatable bonds is 6. The van der Waals surface area contributed by atoms with Crippen LogP contribution in [0.15, 0.2) is 58.8 Å². The summed E-state index contributed by atoms with van der Waals surface area (Å²) in [6.07, 6.45) is 1.61. The van der Waals surface area contributed by atoms with Gasteiger partial charge >= 0.3 is 0 Å². The standard InChI is InChI=1S/C21H22F2N4OS/c1-21(2,3)16-9-5-14(6-10-16)13-24-27-18(25-26-20(27)29-19(22)23)15-7-11-17(28-4)12-8-15/h5-13,19H,1-4H3/b24-13-. The van der Waals surface area contributed by atoms with Crippen molar-refractivity contribution in [3.05, 3.63) is 59.7 Å². The summed E-state index contributed by atoms with van der Waals surface area (Å²) in [7, 11) is 1.57. The molecule has 0 aliphatic heterocycles. The predicted molar refractivity (Wildman–Crippen MR) is 112 cm³/mol. The minimum atomic E-state index is -2.62. The third-order valence-electron chi connectivity index (χ3n) is 4.25. The second kappa shape index (κ2) is 8.73. The molecule has 0 saturated carbocycles. The number of nitrogens with zero attached hydrogens (tertiary/aromatic N) is 4. The van der Waals surface area contributed by atoms with Crippen molar-refractivity contribution in [2.45, 2.75) is 37.1 Å². The first kappa shape index (κ1) is 21.0. The van der Waals surface area contributed by atoms with E-state index in [0.29, 0.717) is 28.9 Å². The number of aromatic nitrogens is 3. The van der Waals surface area contributed by atoms with Gasteiger partial charge in [0.25, 0.3) is 5.76 Å². The average Bonchev–Trinajstić information content (AvgIpc) is 3.07. The number of benzene rings is 2. The van der Waals surface area contributed by atoms with Crippen LogP contribution in [0.3, 0.4) is 0 Å². The zero-order chi connectivity index (χ0) is 21.0. The first-order chi connectivity index (χ1) is 13.8. The third kappa shape index (κ3) is 5.20. The summed E-state index contributed by atoms with van der Waals surface area (Å²) >= 11 is 0.307. The SMILES string of the molecule is COc1ccc(-c2nnc(SC(F)F)n2/N=C\c2ccc(C(C)(C)C)cc2)cc1. The van der Waals surface area contributed by atoms with Gasteiger partial charge in [0.05, 0.1) is 13.3 Å². The molecule has 3 aromatic rings. The van der Waals surface area contributed by atoms with Gasteiger partial charge in [0.2, 0.25) is 5.16 Å². The molecule has 0 amide bonds. The van der Waals surface area contributed by atoms with Gasteiger partial charge in [-0.05, 0) is 52.6 Å². The Hall–Kier alpha value is -2.74. The topological polar surface area (TPSA) is 52.3 Å². The van der Waals surface area contributed by atoms with Crippen LogP contribution >= 0.6 is 11.8 Å². The van der Waals surface area contributed by atoms with E-state index in [1.165, 1.54) is 10.2 Å². The number of ether oxygens (including phenoxy) is 1. The van der Waals surface area contributed by atoms with Crippen molar-refractivity contribution in [1.82, 2.24) is 14.9 Å². The Morgan fingerprint density at radius 2 is 1.69 bits per heavy atom. The summed E-state index contributed by atoms with van der Waals surface area (Å²) in [6, 6.07) is 15.1. The van der Waals surface area contributed by atoms with Crippen LogP contribution in [0, 0.1) is 0 Å². The van der Waals surface area contributed by atoms with Crippen LogP contribution in [0.5, 0.6) is 5.75 Å². The molecule has 0 N–H and O–H groups in total. The van der Waals surface area contributed by atoms with Gasteiger partial charge in [-0.15, -0.1) is 10.2 Å². The van der Waals surface area contributed by atoms with E-state index in [1.54, 1.807) is 37.6 Å². The molecule has 2 aromatic carbocycles. The lowest BCUT2D eigenvalue weighted by Crippen LogP contribution is -2.10. The molecule has 0 aliphatic rings. The Morgan fingerprint density at radius 1 is 1.03 bits per heavy atom. The lowest BCUT2D eigenvalue weighted by atomic mass is 9.87. The Labute approximate surface area is 172 Å². The van der Waals surface area contributed by atoms with Crippen LogP contribution < -0.4 is 4.74 Å². The van der Waals surface area contributed by atoms with E-state index in [9.17, 15) is 8.78 Å². The number of halogens is 2. The number of methoxy groups -OCH3 is 1. The number of thioether (sulfide) groups is 1. The fourth-order valence-corrected chi connectivity index (χ4v) is 3.12. The monoisotopic (exact) mass is 416 g/mol. The van der Waals surface area contributed by atoms with E-state index >= 15 is 0 Å². The van der Waals surface area contributed by atoms with E-state index in [4.69, 9.17) is 4.74 Å². The predicted octanol–water partition coefficient (Wildman–Crippen LogP) is 5.45. The Balaban J connectivity index is 1.95. The van der Waals surface area contributed by atoms with Crippen molar-refractivity contribution in [1.29, 1.82) is 0 Å². The van der Waals surface area contributed by atoms with Crippen molar-refractivity contribution >= 4 is 18.0 Å². The molecule has 0 radical (unpaired) electrons. The van der Waals surface area contributed by atoms with Crippen LogP contribution in [0.25, 0.3) is 11.4 Å². The quantitative estimate of drug-likeness (QED) is 0.396. The molecule has 0 fully saturated rings. The van der Waals surface area contributed by atoms with E-state index in [2.05, 4.69) is 36.1 Å². The molecule has 1 heterocycles. The Kier molecular flexibility index (Phi) is 6.32. The van der Waals surface area contributed by atoms with Gasteiger partial charge in [0, 0.05) is 5.56 Å². The molecule has 152 valence electrons. The number of hydrogen-bond acceptors (Lipinski definition) is 5. The zero-order valence-corrected chi connectivity index (χ0v) is 17.5. The summed E-state index contributed by atoms with van der Waals surface area (Å²) in [5.41, 5.74) is 2.79. The van der Waals surface area contributed by atoms with Crippen molar-refractivity contribution in [3.8, 4) is 17.1 Å². The number of alkyl halides is 2. The van der Waals surface area contributed by atoms with Gasteiger partial charge in [-0.3, -0.25) is 0 Å². The largest absolute Gasteiger partial charge is 0.497 e. The van der Waals surface area contributed by atoms with Crippen LogP contribution in [-0.2, 0) is 5.41 Å². The molecule has 0 aliphatic carbocycles. The summed E-state index contributed by atoms with van der Waals surface area (Å²) in [5, 5.41) is 12.3. The van der Waals surface area contributed by atoms with Crippen LogP contribution in [0.1, 0.15) is 31.9 Å². The molecule has 3 rings (SSSR count). The highest BCUT2D eigenvalue weighted by molar-refractivity contribution is 7.99.